The zero-order valence-corrected chi connectivity index (χ0v) is 11.8. The fourth-order valence-corrected chi connectivity index (χ4v) is 2.37. The van der Waals surface area contributed by atoms with E-state index >= 15 is 0 Å². The molecule has 1 aliphatic rings. The normalized spacial score (nSPS) is 13.2. The molecule has 1 aliphatic heterocycles. The van der Waals surface area contributed by atoms with Crippen LogP contribution in [0.1, 0.15) is 32.7 Å². The van der Waals surface area contributed by atoms with Gasteiger partial charge in [-0.15, -0.1) is 0 Å². The van der Waals surface area contributed by atoms with E-state index in [9.17, 15) is 14.4 Å². The topological polar surface area (TPSA) is 66.5 Å². The lowest BCUT2D eigenvalue weighted by Crippen LogP contribution is -2.45. The average molecular weight is 294 g/mol. The molecule has 2 aromatic rings. The van der Waals surface area contributed by atoms with Crippen molar-refractivity contribution in [3.8, 4) is 0 Å². The predicted molar refractivity (Wildman–Crippen MR) is 79.8 cm³/mol. The minimum atomic E-state index is -0.492. The van der Waals surface area contributed by atoms with Crippen molar-refractivity contribution in [1.82, 2.24) is 10.4 Å². The van der Waals surface area contributed by atoms with E-state index in [0.29, 0.717) is 17.5 Å². The van der Waals surface area contributed by atoms with Crippen LogP contribution in [0.25, 0.3) is 0 Å². The molecule has 5 nitrogen and oxygen atoms in total. The Morgan fingerprint density at radius 1 is 0.864 bits per heavy atom. The lowest BCUT2D eigenvalue weighted by Gasteiger charge is -2.14. The monoisotopic (exact) mass is 294 g/mol. The third-order valence-corrected chi connectivity index (χ3v) is 3.51. The van der Waals surface area contributed by atoms with Gasteiger partial charge in [-0.05, 0) is 24.1 Å². The first-order chi connectivity index (χ1) is 10.7. The lowest BCUT2D eigenvalue weighted by molar-refractivity contribution is -0.124. The number of carbonyl (C=O) groups excluding carboxylic acids is 3. The zero-order valence-electron chi connectivity index (χ0n) is 11.8. The molecule has 0 bridgehead atoms. The highest BCUT2D eigenvalue weighted by Crippen LogP contribution is 2.20. The van der Waals surface area contributed by atoms with Gasteiger partial charge in [0.05, 0.1) is 11.1 Å². The van der Waals surface area contributed by atoms with Gasteiger partial charge < -0.3 is 0 Å². The molecule has 3 amide bonds. The Balaban J connectivity index is 1.63. The molecule has 0 aliphatic carbocycles. The van der Waals surface area contributed by atoms with Gasteiger partial charge in [-0.25, -0.2) is 0 Å². The van der Waals surface area contributed by atoms with Crippen LogP contribution in [-0.2, 0) is 11.2 Å². The number of carbonyl (C=O) groups is 3. The summed E-state index contributed by atoms with van der Waals surface area (Å²) in [4.78, 5) is 36.2. The molecule has 1 N–H and O–H groups in total. The highest BCUT2D eigenvalue weighted by Gasteiger charge is 2.36. The molecule has 22 heavy (non-hydrogen) atoms. The number of hydrogen-bond donors (Lipinski definition) is 1. The SMILES string of the molecule is O=C(CCc1ccccc1)NN1C(=O)c2ccccc2C1=O. The van der Waals surface area contributed by atoms with Crippen molar-refractivity contribution in [2.24, 2.45) is 0 Å². The maximum atomic E-state index is 12.1. The first kappa shape index (κ1) is 14.0. The van der Waals surface area contributed by atoms with Crippen LogP contribution in [0.5, 0.6) is 0 Å². The van der Waals surface area contributed by atoms with Crippen LogP contribution in [-0.4, -0.2) is 22.7 Å². The van der Waals surface area contributed by atoms with Gasteiger partial charge in [0.2, 0.25) is 5.91 Å². The molecular formula is C17H14N2O3. The van der Waals surface area contributed by atoms with E-state index in [4.69, 9.17) is 0 Å². The summed E-state index contributed by atoms with van der Waals surface area (Å²) in [7, 11) is 0. The highest BCUT2D eigenvalue weighted by atomic mass is 16.2. The second-order valence-corrected chi connectivity index (χ2v) is 5.01. The Kier molecular flexibility index (Phi) is 3.70. The van der Waals surface area contributed by atoms with Crippen molar-refractivity contribution in [2.75, 3.05) is 0 Å². The summed E-state index contributed by atoms with van der Waals surface area (Å²) >= 11 is 0. The molecule has 0 spiro atoms. The summed E-state index contributed by atoms with van der Waals surface area (Å²) in [6.45, 7) is 0. The van der Waals surface area contributed by atoms with Crippen LogP contribution in [0.2, 0.25) is 0 Å². The standard InChI is InChI=1S/C17H14N2O3/c20-15(11-10-12-6-2-1-3-7-12)18-19-16(21)13-8-4-5-9-14(13)17(19)22/h1-9H,10-11H2,(H,18,20). The summed E-state index contributed by atoms with van der Waals surface area (Å²) in [6.07, 6.45) is 0.757. The Bertz CT molecular complexity index is 706. The van der Waals surface area contributed by atoms with Crippen molar-refractivity contribution in [1.29, 1.82) is 0 Å². The van der Waals surface area contributed by atoms with Crippen LogP contribution < -0.4 is 5.43 Å². The van der Waals surface area contributed by atoms with Crippen molar-refractivity contribution in [3.63, 3.8) is 0 Å². The molecule has 0 atom stereocenters. The maximum Gasteiger partial charge on any atom is 0.280 e. The van der Waals surface area contributed by atoms with Gasteiger partial charge in [0.1, 0.15) is 0 Å². The van der Waals surface area contributed by atoms with Gasteiger partial charge in [-0.2, -0.15) is 5.01 Å². The maximum absolute atomic E-state index is 12.1. The van der Waals surface area contributed by atoms with Gasteiger partial charge in [-0.1, -0.05) is 42.5 Å². The Morgan fingerprint density at radius 2 is 1.41 bits per heavy atom. The Labute approximate surface area is 127 Å². The fraction of sp³-hybridized carbons (Fsp3) is 0.118. The van der Waals surface area contributed by atoms with Crippen molar-refractivity contribution in [3.05, 3.63) is 71.3 Å². The molecule has 110 valence electrons. The van der Waals surface area contributed by atoms with E-state index in [-0.39, 0.29) is 12.3 Å². The smallest absolute Gasteiger partial charge is 0.273 e. The molecule has 0 saturated carbocycles. The number of nitrogens with zero attached hydrogens (tertiary/aromatic N) is 1. The summed E-state index contributed by atoms with van der Waals surface area (Å²) < 4.78 is 0. The number of imide groups is 1. The Morgan fingerprint density at radius 3 is 2.00 bits per heavy atom. The van der Waals surface area contributed by atoms with Crippen molar-refractivity contribution >= 4 is 17.7 Å². The van der Waals surface area contributed by atoms with E-state index in [2.05, 4.69) is 5.43 Å². The van der Waals surface area contributed by atoms with Crippen LogP contribution in [0.4, 0.5) is 0 Å². The first-order valence-corrected chi connectivity index (χ1v) is 6.98. The summed E-state index contributed by atoms with van der Waals surface area (Å²) in [6, 6.07) is 16.1. The second kappa shape index (κ2) is 5.81. The Hall–Kier alpha value is -2.95. The van der Waals surface area contributed by atoms with E-state index in [0.717, 1.165) is 10.6 Å². The molecule has 3 rings (SSSR count). The van der Waals surface area contributed by atoms with Crippen molar-refractivity contribution in [2.45, 2.75) is 12.8 Å². The van der Waals surface area contributed by atoms with E-state index < -0.39 is 11.8 Å². The molecule has 5 heteroatoms. The van der Waals surface area contributed by atoms with Crippen LogP contribution in [0, 0.1) is 0 Å². The molecule has 0 unspecified atom stereocenters. The molecular weight excluding hydrogens is 280 g/mol. The minimum Gasteiger partial charge on any atom is -0.273 e. The largest absolute Gasteiger partial charge is 0.280 e. The number of amides is 3. The molecule has 0 fully saturated rings. The zero-order chi connectivity index (χ0) is 15.5. The molecule has 0 radical (unpaired) electrons. The second-order valence-electron chi connectivity index (χ2n) is 5.01. The molecule has 0 aromatic heterocycles. The van der Waals surface area contributed by atoms with Crippen LogP contribution in [0.15, 0.2) is 54.6 Å². The van der Waals surface area contributed by atoms with Gasteiger partial charge >= 0.3 is 0 Å². The summed E-state index contributed by atoms with van der Waals surface area (Å²) in [5, 5.41) is 0.790. The molecule has 2 aromatic carbocycles. The number of hydrazine groups is 1. The third-order valence-electron chi connectivity index (χ3n) is 3.51. The van der Waals surface area contributed by atoms with E-state index in [1.807, 2.05) is 30.3 Å². The van der Waals surface area contributed by atoms with Crippen molar-refractivity contribution < 1.29 is 14.4 Å². The minimum absolute atomic E-state index is 0.206. The number of hydrogen-bond acceptors (Lipinski definition) is 3. The third kappa shape index (κ3) is 2.61. The van der Waals surface area contributed by atoms with Gasteiger partial charge in [-0.3, -0.25) is 19.8 Å². The fourth-order valence-electron chi connectivity index (χ4n) is 2.37. The summed E-state index contributed by atoms with van der Waals surface area (Å²) in [5.74, 6) is -1.35. The van der Waals surface area contributed by atoms with Crippen LogP contribution in [0.3, 0.4) is 0 Å². The number of rotatable bonds is 4. The molecule has 0 saturated heterocycles. The van der Waals surface area contributed by atoms with Gasteiger partial charge in [0.25, 0.3) is 11.8 Å². The lowest BCUT2D eigenvalue weighted by atomic mass is 10.1. The number of benzene rings is 2. The first-order valence-electron chi connectivity index (χ1n) is 6.98. The number of nitrogens with one attached hydrogen (secondary N) is 1. The van der Waals surface area contributed by atoms with Gasteiger partial charge in [0.15, 0.2) is 0 Å². The number of aryl methyl sites for hydroxylation is 1. The van der Waals surface area contributed by atoms with E-state index in [1.54, 1.807) is 24.3 Å². The van der Waals surface area contributed by atoms with E-state index in [1.165, 1.54) is 0 Å². The van der Waals surface area contributed by atoms with Gasteiger partial charge in [0, 0.05) is 6.42 Å². The average Bonchev–Trinajstić information content (AvgIpc) is 2.79. The highest BCUT2D eigenvalue weighted by molar-refractivity contribution is 6.21. The molecule has 1 heterocycles. The predicted octanol–water partition coefficient (Wildman–Crippen LogP) is 1.95. The summed E-state index contributed by atoms with van der Waals surface area (Å²) in [5.41, 5.74) is 4.05. The van der Waals surface area contributed by atoms with Crippen LogP contribution >= 0.6 is 0 Å². The number of fused-ring (bicyclic) bond motifs is 1. The quantitative estimate of drug-likeness (QED) is 0.876.